The number of carbonyl (C=O) groups is 1. The Morgan fingerprint density at radius 1 is 0.911 bits per heavy atom. The van der Waals surface area contributed by atoms with Crippen LogP contribution >= 0.6 is 11.3 Å². The van der Waals surface area contributed by atoms with Gasteiger partial charge in [0.15, 0.2) is 4.80 Å². The number of rotatable bonds is 7. The standard InChI is InChI=1S/C37H29N3O4S/c1-3-44-36(42)31-33(24-14-8-5-9-15-24)39-37-40(34(31)25-18-20-26(43-2)21-19-25)35(41)30(45-37)22-28-27-16-10-11-17-29(27)38-32(28)23-12-6-4-7-13-23/h4-22,34,38H,3H2,1-2H3/b30-22+/t34-/m0/s1. The van der Waals surface area contributed by atoms with Gasteiger partial charge in [-0.1, -0.05) is 102 Å². The number of para-hydroxylation sites is 1. The van der Waals surface area contributed by atoms with Crippen molar-refractivity contribution in [1.29, 1.82) is 0 Å². The summed E-state index contributed by atoms with van der Waals surface area (Å²) in [6.07, 6.45) is 1.94. The molecule has 6 aromatic rings. The van der Waals surface area contributed by atoms with E-state index in [-0.39, 0.29) is 12.2 Å². The first-order valence-corrected chi connectivity index (χ1v) is 15.5. The van der Waals surface area contributed by atoms with Gasteiger partial charge in [0, 0.05) is 22.0 Å². The van der Waals surface area contributed by atoms with Gasteiger partial charge in [0.1, 0.15) is 5.75 Å². The molecule has 1 aliphatic rings. The van der Waals surface area contributed by atoms with E-state index in [0.29, 0.717) is 26.4 Å². The number of aromatic nitrogens is 2. The van der Waals surface area contributed by atoms with E-state index in [9.17, 15) is 9.59 Å². The molecule has 0 spiro atoms. The van der Waals surface area contributed by atoms with Crippen LogP contribution in [0.15, 0.2) is 125 Å². The van der Waals surface area contributed by atoms with Crippen LogP contribution in [-0.2, 0) is 9.53 Å². The highest BCUT2D eigenvalue weighted by atomic mass is 32.1. The minimum atomic E-state index is -0.764. The molecule has 0 fully saturated rings. The lowest BCUT2D eigenvalue weighted by atomic mass is 9.93. The predicted octanol–water partition coefficient (Wildman–Crippen LogP) is 6.09. The lowest BCUT2D eigenvalue weighted by molar-refractivity contribution is -0.138. The summed E-state index contributed by atoms with van der Waals surface area (Å²) in [7, 11) is 1.60. The zero-order valence-electron chi connectivity index (χ0n) is 24.7. The summed E-state index contributed by atoms with van der Waals surface area (Å²) < 4.78 is 13.1. The maximum Gasteiger partial charge on any atom is 0.338 e. The summed E-state index contributed by atoms with van der Waals surface area (Å²) in [5, 5.41) is 1.01. The fourth-order valence-corrected chi connectivity index (χ4v) is 6.80. The third-order valence-electron chi connectivity index (χ3n) is 7.89. The molecule has 8 heteroatoms. The Morgan fingerprint density at radius 2 is 1.58 bits per heavy atom. The quantitative estimate of drug-likeness (QED) is 0.221. The van der Waals surface area contributed by atoms with Crippen molar-refractivity contribution in [1.82, 2.24) is 9.55 Å². The number of carbonyl (C=O) groups excluding carboxylic acids is 1. The fraction of sp³-hybridized carbons (Fsp3) is 0.108. The number of ether oxygens (including phenoxy) is 2. The second kappa shape index (κ2) is 11.9. The van der Waals surface area contributed by atoms with Crippen LogP contribution in [0.3, 0.4) is 0 Å². The van der Waals surface area contributed by atoms with Crippen LogP contribution in [0.2, 0.25) is 0 Å². The van der Waals surface area contributed by atoms with E-state index >= 15 is 0 Å². The summed E-state index contributed by atoms with van der Waals surface area (Å²) in [4.78, 5) is 37.2. The first kappa shape index (κ1) is 28.3. The second-order valence-electron chi connectivity index (χ2n) is 10.5. The molecule has 0 radical (unpaired) electrons. The minimum Gasteiger partial charge on any atom is -0.497 e. The van der Waals surface area contributed by atoms with Crippen molar-refractivity contribution in [3.05, 3.63) is 151 Å². The highest BCUT2D eigenvalue weighted by molar-refractivity contribution is 7.07. The van der Waals surface area contributed by atoms with Crippen LogP contribution in [0.25, 0.3) is 33.9 Å². The average molecular weight is 612 g/mol. The minimum absolute atomic E-state index is 0.187. The van der Waals surface area contributed by atoms with Crippen molar-refractivity contribution in [3.8, 4) is 17.0 Å². The van der Waals surface area contributed by atoms with E-state index in [2.05, 4.69) is 4.98 Å². The lowest BCUT2D eigenvalue weighted by Gasteiger charge is -2.26. The van der Waals surface area contributed by atoms with Crippen LogP contribution in [0.4, 0.5) is 0 Å². The molecule has 0 amide bonds. The van der Waals surface area contributed by atoms with Crippen LogP contribution in [0, 0.1) is 0 Å². The number of methoxy groups -OCH3 is 1. The number of nitrogens with one attached hydrogen (secondary N) is 1. The van der Waals surface area contributed by atoms with E-state index in [0.717, 1.165) is 38.9 Å². The van der Waals surface area contributed by atoms with Crippen molar-refractivity contribution < 1.29 is 14.3 Å². The largest absolute Gasteiger partial charge is 0.497 e. The van der Waals surface area contributed by atoms with Crippen LogP contribution < -0.4 is 19.6 Å². The van der Waals surface area contributed by atoms with Gasteiger partial charge in [-0.25, -0.2) is 9.79 Å². The molecule has 0 saturated carbocycles. The number of fused-ring (bicyclic) bond motifs is 2. The summed E-state index contributed by atoms with van der Waals surface area (Å²) in [6.45, 7) is 1.96. The predicted molar refractivity (Wildman–Crippen MR) is 178 cm³/mol. The van der Waals surface area contributed by atoms with Crippen molar-refractivity contribution in [2.45, 2.75) is 13.0 Å². The molecule has 222 valence electrons. The Balaban J connectivity index is 1.52. The molecule has 7 rings (SSSR count). The first-order valence-electron chi connectivity index (χ1n) is 14.7. The van der Waals surface area contributed by atoms with E-state index in [1.54, 1.807) is 18.6 Å². The molecular formula is C37H29N3O4S. The Bertz CT molecular complexity index is 2250. The van der Waals surface area contributed by atoms with Crippen molar-refractivity contribution in [2.24, 2.45) is 4.99 Å². The Kier molecular flexibility index (Phi) is 7.49. The van der Waals surface area contributed by atoms with Gasteiger partial charge in [-0.15, -0.1) is 0 Å². The summed E-state index contributed by atoms with van der Waals surface area (Å²) >= 11 is 1.31. The molecular weight excluding hydrogens is 582 g/mol. The number of benzene rings is 4. The summed E-state index contributed by atoms with van der Waals surface area (Å²) in [5.41, 5.74) is 5.89. The van der Waals surface area contributed by atoms with Crippen molar-refractivity contribution in [2.75, 3.05) is 13.7 Å². The number of nitrogens with zero attached hydrogens (tertiary/aromatic N) is 2. The first-order chi connectivity index (χ1) is 22.1. The number of aromatic amines is 1. The topological polar surface area (TPSA) is 85.7 Å². The molecule has 0 aliphatic carbocycles. The van der Waals surface area contributed by atoms with Crippen molar-refractivity contribution in [3.63, 3.8) is 0 Å². The molecule has 1 aliphatic heterocycles. The molecule has 0 unspecified atom stereocenters. The molecule has 1 atom stereocenters. The third-order valence-corrected chi connectivity index (χ3v) is 8.87. The highest BCUT2D eigenvalue weighted by Crippen LogP contribution is 2.36. The van der Waals surface area contributed by atoms with Crippen LogP contribution in [0.5, 0.6) is 5.75 Å². The zero-order chi connectivity index (χ0) is 30.9. The SMILES string of the molecule is CCOC(=O)C1=C(c2ccccc2)N=c2s/c(=C/c3c(-c4ccccc4)[nH]c4ccccc34)c(=O)n2[C@H]1c1ccc(OC)cc1. The van der Waals surface area contributed by atoms with Gasteiger partial charge in [0.05, 0.1) is 41.3 Å². The number of hydrogen-bond donors (Lipinski definition) is 1. The number of thiazole rings is 1. The molecule has 1 N–H and O–H groups in total. The van der Waals surface area contributed by atoms with Gasteiger partial charge >= 0.3 is 5.97 Å². The van der Waals surface area contributed by atoms with E-state index in [1.807, 2.05) is 115 Å². The van der Waals surface area contributed by atoms with E-state index in [4.69, 9.17) is 14.5 Å². The zero-order valence-corrected chi connectivity index (χ0v) is 25.5. The fourth-order valence-electron chi connectivity index (χ4n) is 5.82. The second-order valence-corrected chi connectivity index (χ2v) is 11.5. The molecule has 0 saturated heterocycles. The molecule has 45 heavy (non-hydrogen) atoms. The van der Waals surface area contributed by atoms with Gasteiger partial charge < -0.3 is 14.5 Å². The normalized spacial score (nSPS) is 14.7. The molecule has 7 nitrogen and oxygen atoms in total. The molecule has 3 heterocycles. The summed E-state index contributed by atoms with van der Waals surface area (Å²) in [5.74, 6) is 0.155. The summed E-state index contributed by atoms with van der Waals surface area (Å²) in [6, 6.07) is 34.3. The highest BCUT2D eigenvalue weighted by Gasteiger charge is 2.35. The number of hydrogen-bond acceptors (Lipinski definition) is 6. The van der Waals surface area contributed by atoms with E-state index in [1.165, 1.54) is 11.3 Å². The van der Waals surface area contributed by atoms with Gasteiger partial charge in [0.2, 0.25) is 0 Å². The lowest BCUT2D eigenvalue weighted by Crippen LogP contribution is -2.40. The molecule has 4 aromatic carbocycles. The van der Waals surface area contributed by atoms with Gasteiger partial charge in [0.25, 0.3) is 5.56 Å². The Morgan fingerprint density at radius 3 is 2.27 bits per heavy atom. The average Bonchev–Trinajstić information content (AvgIpc) is 3.61. The molecule has 0 bridgehead atoms. The van der Waals surface area contributed by atoms with Gasteiger partial charge in [-0.3, -0.25) is 9.36 Å². The number of esters is 1. The van der Waals surface area contributed by atoms with Gasteiger partial charge in [-0.2, -0.15) is 0 Å². The maximum atomic E-state index is 14.5. The van der Waals surface area contributed by atoms with E-state index < -0.39 is 12.0 Å². The van der Waals surface area contributed by atoms with Gasteiger partial charge in [-0.05, 0) is 42.3 Å². The number of H-pyrrole nitrogens is 1. The van der Waals surface area contributed by atoms with Crippen LogP contribution in [-0.4, -0.2) is 29.2 Å². The monoisotopic (exact) mass is 611 g/mol. The Labute approximate surface area is 263 Å². The Hall–Kier alpha value is -5.47. The smallest absolute Gasteiger partial charge is 0.338 e. The third kappa shape index (κ3) is 5.09. The van der Waals surface area contributed by atoms with Crippen molar-refractivity contribution >= 4 is 40.0 Å². The molecule has 2 aromatic heterocycles. The maximum absolute atomic E-state index is 14.5. The van der Waals surface area contributed by atoms with Crippen LogP contribution in [0.1, 0.15) is 29.7 Å².